The summed E-state index contributed by atoms with van der Waals surface area (Å²) in [6.45, 7) is 7.09. The van der Waals surface area contributed by atoms with Crippen LogP contribution in [0.15, 0.2) is 18.2 Å². The van der Waals surface area contributed by atoms with Gasteiger partial charge in [-0.1, -0.05) is 39.0 Å². The van der Waals surface area contributed by atoms with Crippen molar-refractivity contribution in [2.75, 3.05) is 6.54 Å². The van der Waals surface area contributed by atoms with Gasteiger partial charge < -0.3 is 10.0 Å². The van der Waals surface area contributed by atoms with Gasteiger partial charge in [-0.2, -0.15) is 0 Å². The minimum Gasteiger partial charge on any atom is -0.390 e. The molecule has 3 rings (SSSR count). The highest BCUT2D eigenvalue weighted by Gasteiger charge is 2.49. The Bertz CT molecular complexity index is 564. The first-order valence-electron chi connectivity index (χ1n) is 8.07. The van der Waals surface area contributed by atoms with Crippen LogP contribution in [0.4, 0.5) is 0 Å². The van der Waals surface area contributed by atoms with Crippen LogP contribution in [0.1, 0.15) is 62.8 Å². The highest BCUT2D eigenvalue weighted by molar-refractivity contribution is 5.78. The summed E-state index contributed by atoms with van der Waals surface area (Å²) in [5.41, 5.74) is 3.33. The number of carbonyl (C=O) groups excluding carboxylic acids is 1. The number of amides is 1. The van der Waals surface area contributed by atoms with E-state index in [1.807, 2.05) is 4.90 Å². The Hall–Kier alpha value is -1.35. The second kappa shape index (κ2) is 5.13. The average Bonchev–Trinajstić information content (AvgIpc) is 2.67. The predicted molar refractivity (Wildman–Crippen MR) is 83.2 cm³/mol. The zero-order valence-electron chi connectivity index (χ0n) is 13.2. The number of fused-ring (bicyclic) bond motifs is 1. The summed E-state index contributed by atoms with van der Waals surface area (Å²) in [6.07, 6.45) is 3.10. The molecule has 2 atom stereocenters. The van der Waals surface area contributed by atoms with Crippen molar-refractivity contribution >= 4 is 5.91 Å². The molecule has 3 heteroatoms. The van der Waals surface area contributed by atoms with E-state index in [4.69, 9.17) is 0 Å². The summed E-state index contributed by atoms with van der Waals surface area (Å²) in [5, 5.41) is 10.9. The van der Waals surface area contributed by atoms with Crippen LogP contribution in [0.25, 0.3) is 0 Å². The normalized spacial score (nSPS) is 27.8. The van der Waals surface area contributed by atoms with Gasteiger partial charge in [-0.15, -0.1) is 0 Å². The molecule has 1 aromatic carbocycles. The lowest BCUT2D eigenvalue weighted by Gasteiger charge is -2.37. The summed E-state index contributed by atoms with van der Waals surface area (Å²) < 4.78 is 0. The molecule has 0 bridgehead atoms. The Labute approximate surface area is 127 Å². The van der Waals surface area contributed by atoms with Gasteiger partial charge in [0, 0.05) is 18.4 Å². The third-order valence-corrected chi connectivity index (χ3v) is 5.27. The van der Waals surface area contributed by atoms with E-state index in [0.29, 0.717) is 6.42 Å². The first-order valence-corrected chi connectivity index (χ1v) is 8.07. The second-order valence-corrected chi connectivity index (χ2v) is 6.93. The number of aliphatic hydroxyl groups excluding tert-OH is 1. The minimum atomic E-state index is -0.526. The van der Waals surface area contributed by atoms with Crippen LogP contribution < -0.4 is 0 Å². The van der Waals surface area contributed by atoms with Crippen molar-refractivity contribution in [3.8, 4) is 0 Å². The van der Waals surface area contributed by atoms with Gasteiger partial charge in [0.05, 0.1) is 12.1 Å². The van der Waals surface area contributed by atoms with Crippen LogP contribution >= 0.6 is 0 Å². The molecule has 21 heavy (non-hydrogen) atoms. The van der Waals surface area contributed by atoms with Crippen LogP contribution in [0, 0.1) is 0 Å². The lowest BCUT2D eigenvalue weighted by Crippen LogP contribution is -2.44. The number of likely N-dealkylation sites (tertiary alicyclic amines) is 1. The number of hydrogen-bond acceptors (Lipinski definition) is 2. The number of benzene rings is 1. The topological polar surface area (TPSA) is 40.5 Å². The summed E-state index contributed by atoms with van der Waals surface area (Å²) >= 11 is 0. The number of hydrogen-bond donors (Lipinski definition) is 1. The van der Waals surface area contributed by atoms with E-state index in [1.54, 1.807) is 0 Å². The molecule has 1 saturated heterocycles. The van der Waals surface area contributed by atoms with E-state index in [9.17, 15) is 9.90 Å². The molecule has 1 fully saturated rings. The van der Waals surface area contributed by atoms with Crippen molar-refractivity contribution in [3.05, 3.63) is 34.9 Å². The molecule has 0 aromatic heterocycles. The number of piperidine rings is 1. The van der Waals surface area contributed by atoms with Crippen molar-refractivity contribution in [2.45, 2.75) is 64.0 Å². The van der Waals surface area contributed by atoms with E-state index in [1.165, 1.54) is 11.1 Å². The van der Waals surface area contributed by atoms with Crippen molar-refractivity contribution in [1.82, 2.24) is 4.90 Å². The molecule has 1 aliphatic carbocycles. The Kier molecular flexibility index (Phi) is 3.56. The second-order valence-electron chi connectivity index (χ2n) is 6.93. The lowest BCUT2D eigenvalue weighted by molar-refractivity contribution is -0.139. The fourth-order valence-electron chi connectivity index (χ4n) is 3.82. The Morgan fingerprint density at radius 1 is 1.33 bits per heavy atom. The molecule has 0 saturated carbocycles. The van der Waals surface area contributed by atoms with Gasteiger partial charge in [-0.3, -0.25) is 4.79 Å². The maximum absolute atomic E-state index is 12.3. The molecule has 0 radical (unpaired) electrons. The van der Waals surface area contributed by atoms with Gasteiger partial charge in [0.2, 0.25) is 5.91 Å². The number of aryl methyl sites for hydroxylation is 1. The maximum atomic E-state index is 12.3. The molecule has 1 aromatic rings. The SMILES string of the molecule is CCc1ccc2c(c1)C(C)(C)[C@@H](O)[C@@H]2N1CCCCC1=O. The highest BCUT2D eigenvalue weighted by atomic mass is 16.3. The quantitative estimate of drug-likeness (QED) is 0.908. The van der Waals surface area contributed by atoms with E-state index in [0.717, 1.165) is 31.4 Å². The van der Waals surface area contributed by atoms with Crippen LogP contribution in [-0.4, -0.2) is 28.6 Å². The Morgan fingerprint density at radius 2 is 2.10 bits per heavy atom. The first-order chi connectivity index (χ1) is 9.96. The molecule has 3 nitrogen and oxygen atoms in total. The molecule has 2 aliphatic rings. The van der Waals surface area contributed by atoms with Gasteiger partial charge in [-0.25, -0.2) is 0 Å². The summed E-state index contributed by atoms with van der Waals surface area (Å²) in [7, 11) is 0. The molecule has 1 aliphatic heterocycles. The lowest BCUT2D eigenvalue weighted by atomic mass is 9.83. The molecule has 1 N–H and O–H groups in total. The zero-order valence-corrected chi connectivity index (χ0v) is 13.2. The van der Waals surface area contributed by atoms with Gasteiger partial charge >= 0.3 is 0 Å². The summed E-state index contributed by atoms with van der Waals surface area (Å²) in [5.74, 6) is 0.188. The monoisotopic (exact) mass is 287 g/mol. The van der Waals surface area contributed by atoms with Crippen molar-refractivity contribution in [1.29, 1.82) is 0 Å². The number of carbonyl (C=O) groups is 1. The van der Waals surface area contributed by atoms with E-state index < -0.39 is 6.10 Å². The predicted octanol–water partition coefficient (Wildman–Crippen LogP) is 2.95. The van der Waals surface area contributed by atoms with E-state index in [2.05, 4.69) is 39.0 Å². The fourth-order valence-corrected chi connectivity index (χ4v) is 3.82. The Morgan fingerprint density at radius 3 is 2.76 bits per heavy atom. The molecule has 0 unspecified atom stereocenters. The van der Waals surface area contributed by atoms with Gasteiger partial charge in [-0.05, 0) is 36.0 Å². The van der Waals surface area contributed by atoms with Crippen molar-refractivity contribution in [2.24, 2.45) is 0 Å². The third-order valence-electron chi connectivity index (χ3n) is 5.27. The molecule has 114 valence electrons. The number of nitrogens with zero attached hydrogens (tertiary/aromatic N) is 1. The van der Waals surface area contributed by atoms with Crippen LogP contribution in [0.3, 0.4) is 0 Å². The van der Waals surface area contributed by atoms with Crippen molar-refractivity contribution in [3.63, 3.8) is 0 Å². The minimum absolute atomic E-state index is 0.172. The van der Waals surface area contributed by atoms with Crippen LogP contribution in [0.2, 0.25) is 0 Å². The largest absolute Gasteiger partial charge is 0.390 e. The number of aliphatic hydroxyl groups is 1. The smallest absolute Gasteiger partial charge is 0.223 e. The Balaban J connectivity index is 2.06. The van der Waals surface area contributed by atoms with Crippen molar-refractivity contribution < 1.29 is 9.90 Å². The van der Waals surface area contributed by atoms with Crippen LogP contribution in [-0.2, 0) is 16.6 Å². The molecular formula is C18H25NO2. The third kappa shape index (κ3) is 2.18. The van der Waals surface area contributed by atoms with E-state index in [-0.39, 0.29) is 17.4 Å². The zero-order chi connectivity index (χ0) is 15.2. The molecule has 1 heterocycles. The van der Waals surface area contributed by atoms with E-state index >= 15 is 0 Å². The van der Waals surface area contributed by atoms with Gasteiger partial charge in [0.1, 0.15) is 0 Å². The summed E-state index contributed by atoms with van der Waals surface area (Å²) in [6, 6.07) is 6.30. The van der Waals surface area contributed by atoms with Crippen LogP contribution in [0.5, 0.6) is 0 Å². The maximum Gasteiger partial charge on any atom is 0.223 e. The molecular weight excluding hydrogens is 262 g/mol. The van der Waals surface area contributed by atoms with Gasteiger partial charge in [0.15, 0.2) is 0 Å². The summed E-state index contributed by atoms with van der Waals surface area (Å²) in [4.78, 5) is 14.2. The standard InChI is InChI=1S/C18H25NO2/c1-4-12-8-9-13-14(11-12)18(2,3)17(21)16(13)19-10-6-5-7-15(19)20/h8-9,11,16-17,21H,4-7,10H2,1-3H3/t16-,17+/m1/s1. The average molecular weight is 287 g/mol. The first kappa shape index (κ1) is 14.6. The fraction of sp³-hybridized carbons (Fsp3) is 0.611. The highest BCUT2D eigenvalue weighted by Crippen LogP contribution is 2.48. The van der Waals surface area contributed by atoms with Gasteiger partial charge in [0.25, 0.3) is 0 Å². The number of rotatable bonds is 2. The molecule has 0 spiro atoms. The molecule has 1 amide bonds.